The Morgan fingerprint density at radius 3 is 1.31 bits per heavy atom. The molecular formula is C52H69ClN14O5. The normalized spacial score (nSPS) is 28.0. The summed E-state index contributed by atoms with van der Waals surface area (Å²) in [4.78, 5) is 55.9. The van der Waals surface area contributed by atoms with Crippen LogP contribution in [0.5, 0.6) is 0 Å². The second-order valence-electron chi connectivity index (χ2n) is 20.8. The molecule has 0 aliphatic heterocycles. The number of nitrogens with zero attached hydrogens (tertiary/aromatic N) is 7. The van der Waals surface area contributed by atoms with Crippen molar-refractivity contribution in [2.45, 2.75) is 128 Å². The minimum atomic E-state index is -0.441. The van der Waals surface area contributed by atoms with Crippen molar-refractivity contribution in [1.29, 1.82) is 0 Å². The summed E-state index contributed by atoms with van der Waals surface area (Å²) < 4.78 is 0. The number of halogens is 1. The number of aromatic amines is 5. The van der Waals surface area contributed by atoms with E-state index in [4.69, 9.17) is 23.1 Å². The highest BCUT2D eigenvalue weighted by Gasteiger charge is 2.37. The maximum atomic E-state index is 11.7. The standard InChI is InChI=1S/C14H18ClN3.C14H19N3O.2C12H16N4O2/c1-3-9-5-10(4-8(9)2)11-6-16-13-12(11)17-7-18-14(13)15;1-3-9-5-10(4-8(9)2)11-6-15-13-12(11)16-7-17-14(13)18;2*13-12-11-10(15-5-16-12)8(3-14-11)6-1-7(4-17)9(18)2-6/h6-10,16H,3-5H2,1-2H3;6-10,15H,3-5H2,1-2H3,(H,16,17,18);2*3,5-7,9,14,17-18H,1-2,4H2,(H2,13,15,16)/t2*8-,9-,10-;2*6-,7-,9+/m0011/s1. The molecular weight excluding hydrogens is 936 g/mol. The molecule has 0 unspecified atom stereocenters. The molecule has 0 saturated heterocycles. The van der Waals surface area contributed by atoms with Gasteiger partial charge in [-0.3, -0.25) is 4.79 Å². The van der Waals surface area contributed by atoms with Crippen molar-refractivity contribution < 1.29 is 20.4 Å². The van der Waals surface area contributed by atoms with Crippen LogP contribution in [0.1, 0.15) is 138 Å². The Morgan fingerprint density at radius 1 is 0.514 bits per heavy atom. The average Bonchev–Trinajstić information content (AvgIpc) is 4.24. The number of hydrogen-bond donors (Lipinski definition) is 11. The number of nitrogen functional groups attached to an aromatic ring is 2. The summed E-state index contributed by atoms with van der Waals surface area (Å²) in [7, 11) is 0. The second-order valence-corrected chi connectivity index (χ2v) is 21.1. The van der Waals surface area contributed by atoms with Gasteiger partial charge in [-0.15, -0.1) is 0 Å². The first-order valence-electron chi connectivity index (χ1n) is 25.6. The molecule has 19 nitrogen and oxygen atoms in total. The van der Waals surface area contributed by atoms with Crippen LogP contribution in [-0.4, -0.2) is 106 Å². The number of anilines is 2. The molecule has 12 rings (SSSR count). The molecule has 8 heterocycles. The Balaban J connectivity index is 0.000000119. The minimum absolute atomic E-state index is 0.0249. The van der Waals surface area contributed by atoms with Gasteiger partial charge in [-0.25, -0.2) is 34.9 Å². The first-order valence-corrected chi connectivity index (χ1v) is 25.9. The van der Waals surface area contributed by atoms with Crippen LogP contribution < -0.4 is 17.0 Å². The van der Waals surface area contributed by atoms with Crippen molar-refractivity contribution in [2.24, 2.45) is 35.5 Å². The highest BCUT2D eigenvalue weighted by Crippen LogP contribution is 2.47. The lowest BCUT2D eigenvalue weighted by molar-refractivity contribution is 0.0903. The molecule has 13 N–H and O–H groups in total. The third-order valence-electron chi connectivity index (χ3n) is 16.7. The summed E-state index contributed by atoms with van der Waals surface area (Å²) in [6, 6.07) is 0. The Hall–Kier alpha value is -5.99. The lowest BCUT2D eigenvalue weighted by Gasteiger charge is -2.10. The van der Waals surface area contributed by atoms with Crippen LogP contribution in [-0.2, 0) is 0 Å². The number of fused-ring (bicyclic) bond motifs is 4. The van der Waals surface area contributed by atoms with Gasteiger partial charge < -0.3 is 56.8 Å². The Labute approximate surface area is 421 Å². The van der Waals surface area contributed by atoms with E-state index in [0.717, 1.165) is 86.3 Å². The number of aliphatic hydroxyl groups excluding tert-OH is 4. The number of rotatable bonds is 8. The van der Waals surface area contributed by atoms with Gasteiger partial charge in [-0.2, -0.15) is 0 Å². The molecule has 4 saturated carbocycles. The zero-order valence-electron chi connectivity index (χ0n) is 41.4. The highest BCUT2D eigenvalue weighted by molar-refractivity contribution is 6.33. The van der Waals surface area contributed by atoms with Crippen LogP contribution >= 0.6 is 11.6 Å². The van der Waals surface area contributed by atoms with E-state index in [1.165, 1.54) is 68.6 Å². The van der Waals surface area contributed by atoms with Crippen molar-refractivity contribution >= 4 is 67.4 Å². The van der Waals surface area contributed by atoms with Crippen molar-refractivity contribution in [1.82, 2.24) is 59.8 Å². The van der Waals surface area contributed by atoms with Crippen LogP contribution in [0.25, 0.3) is 44.1 Å². The van der Waals surface area contributed by atoms with Crippen molar-refractivity contribution in [3.8, 4) is 0 Å². The molecule has 4 aliphatic carbocycles. The summed E-state index contributed by atoms with van der Waals surface area (Å²) in [5.74, 6) is 5.59. The van der Waals surface area contributed by atoms with E-state index in [2.05, 4.69) is 93.7 Å². The molecule has 20 heteroatoms. The second kappa shape index (κ2) is 22.0. The fourth-order valence-electron chi connectivity index (χ4n) is 12.5. The molecule has 0 amide bonds. The van der Waals surface area contributed by atoms with E-state index < -0.39 is 12.2 Å². The largest absolute Gasteiger partial charge is 0.396 e. The van der Waals surface area contributed by atoms with Gasteiger partial charge in [0.1, 0.15) is 41.0 Å². The average molecular weight is 1010 g/mol. The first-order chi connectivity index (χ1) is 34.8. The highest BCUT2D eigenvalue weighted by atomic mass is 35.5. The van der Waals surface area contributed by atoms with Crippen molar-refractivity contribution in [2.75, 3.05) is 24.7 Å². The van der Waals surface area contributed by atoms with E-state index in [1.807, 2.05) is 18.6 Å². The number of aromatic nitrogens is 12. The number of nitrogens with two attached hydrogens (primary N) is 2. The lowest BCUT2D eigenvalue weighted by Crippen LogP contribution is -2.16. The monoisotopic (exact) mass is 1000 g/mol. The molecule has 72 heavy (non-hydrogen) atoms. The van der Waals surface area contributed by atoms with Crippen LogP contribution in [0.4, 0.5) is 11.6 Å². The molecule has 384 valence electrons. The number of H-pyrrole nitrogens is 5. The third-order valence-corrected chi connectivity index (χ3v) is 17.0. The van der Waals surface area contributed by atoms with Crippen LogP contribution in [0, 0.1) is 35.5 Å². The van der Waals surface area contributed by atoms with Crippen molar-refractivity contribution in [3.63, 3.8) is 0 Å². The summed E-state index contributed by atoms with van der Waals surface area (Å²) in [6.45, 7) is 9.31. The van der Waals surface area contributed by atoms with E-state index in [0.29, 0.717) is 47.0 Å². The molecule has 0 bridgehead atoms. The quantitative estimate of drug-likeness (QED) is 0.0650. The smallest absolute Gasteiger partial charge is 0.275 e. The predicted octanol–water partition coefficient (Wildman–Crippen LogP) is 7.72. The Morgan fingerprint density at radius 2 is 0.889 bits per heavy atom. The Bertz CT molecular complexity index is 2910. The third kappa shape index (κ3) is 10.2. The van der Waals surface area contributed by atoms with Gasteiger partial charge in [-0.1, -0.05) is 52.1 Å². The fourth-order valence-corrected chi connectivity index (χ4v) is 12.7. The van der Waals surface area contributed by atoms with Gasteiger partial charge in [0.25, 0.3) is 5.56 Å². The molecule has 0 spiro atoms. The van der Waals surface area contributed by atoms with Crippen LogP contribution in [0.3, 0.4) is 0 Å². The molecule has 0 radical (unpaired) electrons. The molecule has 8 aromatic rings. The van der Waals surface area contributed by atoms with E-state index in [1.54, 1.807) is 6.33 Å². The van der Waals surface area contributed by atoms with Crippen molar-refractivity contribution in [3.05, 3.63) is 87.9 Å². The summed E-state index contributed by atoms with van der Waals surface area (Å²) in [6.07, 6.45) is 23.2. The first kappa shape index (κ1) is 50.9. The molecule has 0 aromatic carbocycles. The lowest BCUT2D eigenvalue weighted by atomic mass is 9.95. The molecule has 8 aromatic heterocycles. The number of hydrogen-bond acceptors (Lipinski definition) is 14. The Kier molecular flexibility index (Phi) is 15.6. The van der Waals surface area contributed by atoms with E-state index in [9.17, 15) is 25.2 Å². The maximum Gasteiger partial charge on any atom is 0.275 e. The zero-order chi connectivity index (χ0) is 50.8. The minimum Gasteiger partial charge on any atom is -0.396 e. The maximum absolute atomic E-state index is 11.7. The van der Waals surface area contributed by atoms with Gasteiger partial charge in [0.2, 0.25) is 0 Å². The topological polar surface area (TPSA) is 319 Å². The van der Waals surface area contributed by atoms with E-state index in [-0.39, 0.29) is 42.4 Å². The number of nitrogens with one attached hydrogen (secondary N) is 5. The summed E-state index contributed by atoms with van der Waals surface area (Å²) in [5, 5.41) is 38.6. The van der Waals surface area contributed by atoms with Gasteiger partial charge >= 0.3 is 0 Å². The van der Waals surface area contributed by atoms with Gasteiger partial charge in [0.05, 0.1) is 40.6 Å². The SMILES string of the molecule is CC[C@H]1C[C@@H](c2c[nH]c3c(=O)[nH]cnc23)C[C@@H]1C.CC[C@H]1C[C@@H](c2c[nH]c3c(Cl)ncnc23)C[C@@H]1C.Nc1ncnc2c([C@@H]3C[C@H](CO)[C@@H](O)C3)c[nH]c12.Nc1ncnc2c([C@@H]3C[C@H](CO)[C@@H](O)C3)c[nH]c12. The van der Waals surface area contributed by atoms with Crippen LogP contribution in [0.2, 0.25) is 5.15 Å². The molecule has 4 aliphatic rings. The zero-order valence-corrected chi connectivity index (χ0v) is 42.1. The van der Waals surface area contributed by atoms with E-state index >= 15 is 0 Å². The summed E-state index contributed by atoms with van der Waals surface area (Å²) in [5.41, 5.74) is 22.6. The fraction of sp³-hybridized carbons (Fsp3) is 0.538. The summed E-state index contributed by atoms with van der Waals surface area (Å²) >= 11 is 6.08. The van der Waals surface area contributed by atoms with Crippen LogP contribution in [0.15, 0.2) is 54.9 Å². The van der Waals surface area contributed by atoms with Gasteiger partial charge in [-0.05, 0) is 121 Å². The molecule has 12 atom stereocenters. The van der Waals surface area contributed by atoms with Gasteiger partial charge in [0.15, 0.2) is 16.8 Å². The van der Waals surface area contributed by atoms with Gasteiger partial charge in [0, 0.05) is 49.8 Å². The molecule has 4 fully saturated rings. The predicted molar refractivity (Wildman–Crippen MR) is 279 cm³/mol. The number of aliphatic hydroxyl groups is 4.